The fraction of sp³-hybridized carbons (Fsp3) is 0.516. The molecule has 3 amide bonds. The van der Waals surface area contributed by atoms with Gasteiger partial charge in [0.15, 0.2) is 0 Å². The second-order valence-corrected chi connectivity index (χ2v) is 11.5. The summed E-state index contributed by atoms with van der Waals surface area (Å²) in [5, 5.41) is 6.11. The second-order valence-electron chi connectivity index (χ2n) is 11.1. The Balaban J connectivity index is 1.55. The minimum absolute atomic E-state index is 0.0310. The first kappa shape index (κ1) is 29.1. The largest absolute Gasteiger partial charge is 0.347 e. The number of halogens is 2. The standard InChI is InChI=1S/C31H39ClFN3O3/c1-5-18(2)29(37)35-27(17-21-16-24(32)25(33)15-20(21)4)31(39)36-14-8-13-28(36)30(38)34-26-12-7-10-22-19(3)9-6-11-23(22)26/h6,9,11,15-16,18,26-28H,5,7-8,10,12-14,17H2,1-4H3,(H,34,38)(H,35,37)/t18-,26?,27+,28+/m1/s1. The van der Waals surface area contributed by atoms with Gasteiger partial charge < -0.3 is 15.5 Å². The molecule has 2 N–H and O–H groups in total. The quantitative estimate of drug-likeness (QED) is 0.460. The predicted molar refractivity (Wildman–Crippen MR) is 151 cm³/mol. The minimum atomic E-state index is -0.891. The van der Waals surface area contributed by atoms with Crippen LogP contribution in [-0.4, -0.2) is 41.2 Å². The van der Waals surface area contributed by atoms with Crippen LogP contribution < -0.4 is 10.6 Å². The lowest BCUT2D eigenvalue weighted by atomic mass is 9.85. The maximum atomic E-state index is 14.0. The fourth-order valence-corrected chi connectivity index (χ4v) is 5.97. The van der Waals surface area contributed by atoms with Crippen LogP contribution in [0.5, 0.6) is 0 Å². The van der Waals surface area contributed by atoms with Gasteiger partial charge in [0, 0.05) is 18.9 Å². The summed E-state index contributed by atoms with van der Waals surface area (Å²) >= 11 is 6.05. The SMILES string of the molecule is CC[C@@H](C)C(=O)N[C@@H](Cc1cc(Cl)c(F)cc1C)C(=O)N1CCC[C@H]1C(=O)NC1CCCc2c(C)cccc21. The monoisotopic (exact) mass is 555 g/mol. The number of carbonyl (C=O) groups is 3. The third kappa shape index (κ3) is 6.46. The van der Waals surface area contributed by atoms with Gasteiger partial charge in [0.1, 0.15) is 17.9 Å². The number of amides is 3. The molecule has 1 fully saturated rings. The van der Waals surface area contributed by atoms with Gasteiger partial charge in [-0.2, -0.15) is 0 Å². The highest BCUT2D eigenvalue weighted by Gasteiger charge is 2.39. The summed E-state index contributed by atoms with van der Waals surface area (Å²) in [4.78, 5) is 42.0. The van der Waals surface area contributed by atoms with Gasteiger partial charge in [-0.25, -0.2) is 4.39 Å². The summed E-state index contributed by atoms with van der Waals surface area (Å²) in [6, 6.07) is 7.49. The van der Waals surface area contributed by atoms with Gasteiger partial charge in [0.2, 0.25) is 17.7 Å². The molecule has 1 aliphatic heterocycles. The molecule has 0 spiro atoms. The van der Waals surface area contributed by atoms with E-state index in [1.165, 1.54) is 23.3 Å². The minimum Gasteiger partial charge on any atom is -0.347 e. The second kappa shape index (κ2) is 12.5. The number of nitrogens with one attached hydrogen (secondary N) is 2. The molecule has 1 aliphatic carbocycles. The smallest absolute Gasteiger partial charge is 0.246 e. The van der Waals surface area contributed by atoms with E-state index in [1.54, 1.807) is 11.8 Å². The molecule has 0 saturated carbocycles. The summed E-state index contributed by atoms with van der Waals surface area (Å²) in [6.07, 6.45) is 4.93. The van der Waals surface area contributed by atoms with Gasteiger partial charge >= 0.3 is 0 Å². The number of fused-ring (bicyclic) bond motifs is 1. The Morgan fingerprint density at radius 2 is 1.90 bits per heavy atom. The van der Waals surface area contributed by atoms with Gasteiger partial charge in [0.05, 0.1) is 11.1 Å². The molecule has 4 rings (SSSR count). The predicted octanol–water partition coefficient (Wildman–Crippen LogP) is 5.35. The van der Waals surface area contributed by atoms with Crippen LogP contribution in [0.25, 0.3) is 0 Å². The number of hydrogen-bond acceptors (Lipinski definition) is 3. The van der Waals surface area contributed by atoms with Crippen molar-refractivity contribution in [1.29, 1.82) is 0 Å². The van der Waals surface area contributed by atoms with E-state index in [9.17, 15) is 18.8 Å². The third-order valence-electron chi connectivity index (χ3n) is 8.37. The summed E-state index contributed by atoms with van der Waals surface area (Å²) in [5.41, 5.74) is 5.02. The molecular weight excluding hydrogens is 517 g/mol. The van der Waals surface area contributed by atoms with Crippen LogP contribution in [-0.2, 0) is 27.2 Å². The van der Waals surface area contributed by atoms with Gasteiger partial charge in [0.25, 0.3) is 0 Å². The van der Waals surface area contributed by atoms with Crippen molar-refractivity contribution in [2.24, 2.45) is 5.92 Å². The van der Waals surface area contributed by atoms with E-state index in [1.807, 2.05) is 19.9 Å². The zero-order valence-corrected chi connectivity index (χ0v) is 24.0. The third-order valence-corrected chi connectivity index (χ3v) is 8.66. The lowest BCUT2D eigenvalue weighted by Crippen LogP contribution is -2.55. The Hall–Kier alpha value is -2.93. The lowest BCUT2D eigenvalue weighted by molar-refractivity contribution is -0.142. The van der Waals surface area contributed by atoms with Crippen molar-refractivity contribution in [3.05, 3.63) is 69.0 Å². The van der Waals surface area contributed by atoms with E-state index in [-0.39, 0.29) is 41.1 Å². The van der Waals surface area contributed by atoms with Crippen LogP contribution in [0.1, 0.15) is 79.8 Å². The zero-order valence-electron chi connectivity index (χ0n) is 23.3. The van der Waals surface area contributed by atoms with Crippen molar-refractivity contribution in [1.82, 2.24) is 15.5 Å². The van der Waals surface area contributed by atoms with Crippen LogP contribution in [0.15, 0.2) is 30.3 Å². The molecule has 2 aromatic carbocycles. The first-order valence-electron chi connectivity index (χ1n) is 14.0. The molecule has 2 aromatic rings. The number of benzene rings is 2. The molecule has 0 bridgehead atoms. The maximum absolute atomic E-state index is 14.0. The van der Waals surface area contributed by atoms with Crippen molar-refractivity contribution in [2.45, 2.75) is 90.8 Å². The van der Waals surface area contributed by atoms with Crippen LogP contribution in [0.4, 0.5) is 4.39 Å². The van der Waals surface area contributed by atoms with Crippen molar-refractivity contribution in [2.75, 3.05) is 6.54 Å². The van der Waals surface area contributed by atoms with Gasteiger partial charge in [-0.1, -0.05) is 43.6 Å². The molecule has 8 heteroatoms. The zero-order chi connectivity index (χ0) is 28.3. The number of nitrogens with zero attached hydrogens (tertiary/aromatic N) is 1. The van der Waals surface area contributed by atoms with E-state index in [4.69, 9.17) is 11.6 Å². The van der Waals surface area contributed by atoms with Crippen molar-refractivity contribution < 1.29 is 18.8 Å². The molecule has 2 aliphatic rings. The highest BCUT2D eigenvalue weighted by molar-refractivity contribution is 6.30. The molecule has 0 radical (unpaired) electrons. The Kier molecular flexibility index (Phi) is 9.31. The molecule has 210 valence electrons. The number of rotatable bonds is 8. The average molecular weight is 556 g/mol. The van der Waals surface area contributed by atoms with Gasteiger partial charge in [-0.3, -0.25) is 14.4 Å². The molecule has 1 heterocycles. The Morgan fingerprint density at radius 1 is 1.13 bits per heavy atom. The van der Waals surface area contributed by atoms with E-state index >= 15 is 0 Å². The van der Waals surface area contributed by atoms with E-state index in [0.29, 0.717) is 36.9 Å². The molecular formula is C31H39ClFN3O3. The summed E-state index contributed by atoms with van der Waals surface area (Å²) in [6.45, 7) is 8.02. The van der Waals surface area contributed by atoms with Gasteiger partial charge in [-0.15, -0.1) is 0 Å². The van der Waals surface area contributed by atoms with Crippen molar-refractivity contribution in [3.63, 3.8) is 0 Å². The first-order valence-corrected chi connectivity index (χ1v) is 14.4. The summed E-state index contributed by atoms with van der Waals surface area (Å²) < 4.78 is 14.0. The average Bonchev–Trinajstić information content (AvgIpc) is 3.41. The Morgan fingerprint density at radius 3 is 2.64 bits per heavy atom. The number of likely N-dealkylation sites (tertiary alicyclic amines) is 1. The maximum Gasteiger partial charge on any atom is 0.246 e. The van der Waals surface area contributed by atoms with E-state index < -0.39 is 17.9 Å². The van der Waals surface area contributed by atoms with E-state index in [0.717, 1.165) is 24.8 Å². The summed E-state index contributed by atoms with van der Waals surface area (Å²) in [5.74, 6) is -1.49. The Bertz CT molecular complexity index is 1250. The normalized spacial score (nSPS) is 20.2. The molecule has 1 unspecified atom stereocenters. The first-order chi connectivity index (χ1) is 18.6. The molecule has 4 atom stereocenters. The van der Waals surface area contributed by atoms with E-state index in [2.05, 4.69) is 29.7 Å². The molecule has 6 nitrogen and oxygen atoms in total. The van der Waals surface area contributed by atoms with Crippen molar-refractivity contribution >= 4 is 29.3 Å². The Labute approximate surface area is 235 Å². The fourth-order valence-electron chi connectivity index (χ4n) is 5.78. The number of carbonyl (C=O) groups excluding carboxylic acids is 3. The molecule has 0 aromatic heterocycles. The van der Waals surface area contributed by atoms with Gasteiger partial charge in [-0.05, 0) is 92.3 Å². The van der Waals surface area contributed by atoms with Crippen LogP contribution in [0.2, 0.25) is 5.02 Å². The van der Waals surface area contributed by atoms with Crippen molar-refractivity contribution in [3.8, 4) is 0 Å². The van der Waals surface area contributed by atoms with Crippen LogP contribution in [0.3, 0.4) is 0 Å². The lowest BCUT2D eigenvalue weighted by Gasteiger charge is -2.32. The molecule has 1 saturated heterocycles. The van der Waals surface area contributed by atoms with Crippen LogP contribution in [0, 0.1) is 25.6 Å². The summed E-state index contributed by atoms with van der Waals surface area (Å²) in [7, 11) is 0. The number of hydrogen-bond donors (Lipinski definition) is 2. The topological polar surface area (TPSA) is 78.5 Å². The molecule has 39 heavy (non-hydrogen) atoms. The highest BCUT2D eigenvalue weighted by atomic mass is 35.5. The number of aryl methyl sites for hydroxylation is 2. The van der Waals surface area contributed by atoms with Crippen LogP contribution >= 0.6 is 11.6 Å². The highest BCUT2D eigenvalue weighted by Crippen LogP contribution is 2.32.